The molecule has 3 heterocycles. The maximum Gasteiger partial charge on any atom is 0.418 e. The fourth-order valence-corrected chi connectivity index (χ4v) is 7.94. The third kappa shape index (κ3) is 6.60. The van der Waals surface area contributed by atoms with E-state index < -0.39 is 57.2 Å². The van der Waals surface area contributed by atoms with Crippen LogP contribution >= 0.6 is 11.3 Å². The zero-order chi connectivity index (χ0) is 36.4. The second kappa shape index (κ2) is 12.4. The molecule has 3 aliphatic carbocycles. The number of amides is 2. The quantitative estimate of drug-likeness (QED) is 0.0551. The number of nitrogens with one attached hydrogen (secondary N) is 3. The normalized spacial score (nSPS) is 28.1. The van der Waals surface area contributed by atoms with E-state index in [1.807, 2.05) is 6.07 Å². The standard InChI is InChI=1S/C30H38N8O10S2/c1-28(2)22(25(40)38(28)48-50(43,44)45)36-24(39)21(18-13-49-27(32)35-18)37-47-29(3,26(41)42)20-7-5-14-10-15(4-6-19(14)46-20)23(31)34-17-8-9-30(33)11-16(17)12-30/h4,6,10,13,16-17,20,22H,5,7-9,11-12,33H2,1-3H3,(H2,31,34)(H2,32,35)(H,36,39)(H,41,42)(H,43,44,45)/b37-21-/t16?,17-,20-,22-,29+,30?/m1/s1. The minimum Gasteiger partial charge on any atom is -0.485 e. The molecule has 1 aromatic heterocycles. The highest BCUT2D eigenvalue weighted by Gasteiger charge is 2.58. The first-order valence-corrected chi connectivity index (χ1v) is 18.0. The Hall–Kier alpha value is -4.37. The Labute approximate surface area is 290 Å². The average Bonchev–Trinajstić information content (AvgIpc) is 3.47. The summed E-state index contributed by atoms with van der Waals surface area (Å²) < 4.78 is 41.8. The maximum atomic E-state index is 13.5. The fourth-order valence-electron chi connectivity index (χ4n) is 6.94. The van der Waals surface area contributed by atoms with E-state index in [-0.39, 0.29) is 28.8 Å². The van der Waals surface area contributed by atoms with Gasteiger partial charge in [0.1, 0.15) is 23.3 Å². The number of carboxylic acid groups (broad SMARTS) is 1. The van der Waals surface area contributed by atoms with E-state index in [4.69, 9.17) is 31.0 Å². The van der Waals surface area contributed by atoms with Gasteiger partial charge in [0.05, 0.1) is 5.54 Å². The Morgan fingerprint density at radius 3 is 2.56 bits per heavy atom. The molecule has 2 aliphatic heterocycles. The lowest BCUT2D eigenvalue weighted by molar-refractivity contribution is -0.218. The first kappa shape index (κ1) is 35.5. The van der Waals surface area contributed by atoms with Crippen LogP contribution in [0.4, 0.5) is 5.13 Å². The van der Waals surface area contributed by atoms with Crippen molar-refractivity contribution in [2.24, 2.45) is 16.8 Å². The second-order valence-electron chi connectivity index (χ2n) is 13.9. The van der Waals surface area contributed by atoms with Crippen LogP contribution in [0, 0.1) is 11.3 Å². The first-order valence-electron chi connectivity index (χ1n) is 15.8. The summed E-state index contributed by atoms with van der Waals surface area (Å²) >= 11 is 0.965. The molecule has 18 nitrogen and oxygen atoms in total. The van der Waals surface area contributed by atoms with Crippen molar-refractivity contribution in [3.05, 3.63) is 40.4 Å². The van der Waals surface area contributed by atoms with Crippen molar-refractivity contribution in [2.45, 2.75) is 94.2 Å². The van der Waals surface area contributed by atoms with Crippen LogP contribution in [0.5, 0.6) is 5.75 Å². The predicted octanol–water partition coefficient (Wildman–Crippen LogP) is 0.708. The molecule has 4 fully saturated rings. The molecule has 0 unspecified atom stereocenters. The summed E-state index contributed by atoms with van der Waals surface area (Å²) in [6, 6.07) is 4.10. The van der Waals surface area contributed by atoms with Gasteiger partial charge >= 0.3 is 16.4 Å². The SMILES string of the molecule is CC1(C)[C@H](NC(=O)/C(=N\O[C@](C)(C(=O)O)[C@H]2CCc3cc(C(=N)N[C@@H]4CCC5(N)CC4C5)ccc3O2)c2csc(N)n2)C(=O)N1OS(=O)(=O)O. The van der Waals surface area contributed by atoms with Crippen molar-refractivity contribution in [2.75, 3.05) is 5.73 Å². The number of fused-ring (bicyclic) bond motifs is 3. The van der Waals surface area contributed by atoms with Gasteiger partial charge in [-0.15, -0.1) is 15.6 Å². The van der Waals surface area contributed by atoms with E-state index >= 15 is 0 Å². The van der Waals surface area contributed by atoms with Crippen LogP contribution < -0.4 is 26.8 Å². The number of aryl methyl sites for hydroxylation is 1. The molecule has 0 spiro atoms. The lowest BCUT2D eigenvalue weighted by Gasteiger charge is -2.54. The van der Waals surface area contributed by atoms with Gasteiger partial charge < -0.3 is 36.8 Å². The molecule has 1 saturated heterocycles. The molecule has 3 saturated carbocycles. The Morgan fingerprint density at radius 2 is 1.98 bits per heavy atom. The molecule has 1 aromatic carbocycles. The van der Waals surface area contributed by atoms with Crippen LogP contribution in [0.1, 0.15) is 69.7 Å². The number of hydroxylamine groups is 2. The Bertz CT molecular complexity index is 1890. The molecule has 7 rings (SSSR count). The summed E-state index contributed by atoms with van der Waals surface area (Å²) in [6.07, 6.45) is 3.28. The Balaban J connectivity index is 1.17. The number of carbonyl (C=O) groups is 3. The van der Waals surface area contributed by atoms with Gasteiger partial charge in [0.25, 0.3) is 17.4 Å². The number of aromatic nitrogens is 1. The lowest BCUT2D eigenvalue weighted by atomic mass is 9.58. The van der Waals surface area contributed by atoms with Crippen LogP contribution in [-0.2, 0) is 40.3 Å². The number of amidine groups is 1. The number of benzene rings is 1. The first-order chi connectivity index (χ1) is 23.3. The van der Waals surface area contributed by atoms with Crippen molar-refractivity contribution < 1.29 is 46.3 Å². The van der Waals surface area contributed by atoms with E-state index in [0.717, 1.165) is 42.6 Å². The van der Waals surface area contributed by atoms with E-state index in [2.05, 4.69) is 25.1 Å². The summed E-state index contributed by atoms with van der Waals surface area (Å²) in [7, 11) is -5.03. The van der Waals surface area contributed by atoms with Crippen LogP contribution in [0.2, 0.25) is 0 Å². The number of ether oxygens (including phenoxy) is 1. The lowest BCUT2D eigenvalue weighted by Crippen LogP contribution is -2.76. The van der Waals surface area contributed by atoms with E-state index in [0.29, 0.717) is 34.6 Å². The molecule has 2 aromatic rings. The van der Waals surface area contributed by atoms with Gasteiger partial charge in [-0.2, -0.15) is 13.5 Å². The number of nitrogens with two attached hydrogens (primary N) is 2. The van der Waals surface area contributed by atoms with E-state index in [9.17, 15) is 27.9 Å². The smallest absolute Gasteiger partial charge is 0.418 e. The summed E-state index contributed by atoms with van der Waals surface area (Å²) in [5.41, 5.74) is 9.32. The molecule has 20 heteroatoms. The van der Waals surface area contributed by atoms with Crippen LogP contribution in [0.3, 0.4) is 0 Å². The summed E-state index contributed by atoms with van der Waals surface area (Å²) in [5, 5.41) is 30.4. The number of rotatable bonds is 11. The number of aliphatic carboxylic acids is 1. The number of nitrogen functional groups attached to an aromatic ring is 1. The van der Waals surface area contributed by atoms with Gasteiger partial charge in [0.2, 0.25) is 0 Å². The van der Waals surface area contributed by atoms with Crippen molar-refractivity contribution in [1.82, 2.24) is 20.7 Å². The number of oxime groups is 1. The van der Waals surface area contributed by atoms with Crippen LogP contribution in [0.15, 0.2) is 28.7 Å². The van der Waals surface area contributed by atoms with Gasteiger partial charge in [0, 0.05) is 22.5 Å². The zero-order valence-corrected chi connectivity index (χ0v) is 29.0. The van der Waals surface area contributed by atoms with Gasteiger partial charge in [-0.1, -0.05) is 5.16 Å². The highest BCUT2D eigenvalue weighted by atomic mass is 32.3. The third-order valence-corrected chi connectivity index (χ3v) is 11.0. The highest BCUT2D eigenvalue weighted by molar-refractivity contribution is 7.80. The van der Waals surface area contributed by atoms with Gasteiger partial charge in [-0.05, 0) is 89.0 Å². The molecule has 9 N–H and O–H groups in total. The number of nitrogens with zero attached hydrogens (tertiary/aromatic N) is 3. The summed E-state index contributed by atoms with van der Waals surface area (Å²) in [5.74, 6) is -2.29. The van der Waals surface area contributed by atoms with Crippen molar-refractivity contribution >= 4 is 56.2 Å². The number of carboxylic acids is 1. The van der Waals surface area contributed by atoms with E-state index in [1.165, 1.54) is 26.2 Å². The Kier molecular flexibility index (Phi) is 8.82. The molecular weight excluding hydrogens is 697 g/mol. The highest BCUT2D eigenvalue weighted by Crippen LogP contribution is 2.47. The van der Waals surface area contributed by atoms with E-state index in [1.54, 1.807) is 12.1 Å². The minimum absolute atomic E-state index is 0.0466. The number of carbonyl (C=O) groups excluding carboxylic acids is 2. The van der Waals surface area contributed by atoms with Crippen LogP contribution in [0.25, 0.3) is 0 Å². The summed E-state index contributed by atoms with van der Waals surface area (Å²) in [6.45, 7) is 3.99. The van der Waals surface area contributed by atoms with Gasteiger partial charge in [0.15, 0.2) is 16.9 Å². The largest absolute Gasteiger partial charge is 0.485 e. The monoisotopic (exact) mass is 734 g/mol. The molecule has 270 valence electrons. The number of hydrogen-bond donors (Lipinski definition) is 7. The minimum atomic E-state index is -5.03. The molecule has 0 radical (unpaired) electrons. The topological polar surface area (TPSA) is 282 Å². The number of anilines is 1. The van der Waals surface area contributed by atoms with Gasteiger partial charge in [-0.3, -0.25) is 19.6 Å². The number of thiazole rings is 1. The number of hydrogen-bond acceptors (Lipinski definition) is 14. The molecule has 4 atom stereocenters. The molecular formula is C30H38N8O10S2. The van der Waals surface area contributed by atoms with Gasteiger partial charge in [-0.25, -0.2) is 9.78 Å². The second-order valence-corrected chi connectivity index (χ2v) is 15.8. The average molecular weight is 735 g/mol. The van der Waals surface area contributed by atoms with Crippen molar-refractivity contribution in [3.8, 4) is 5.75 Å². The third-order valence-electron chi connectivity index (χ3n) is 9.95. The van der Waals surface area contributed by atoms with Crippen molar-refractivity contribution in [1.29, 1.82) is 5.41 Å². The van der Waals surface area contributed by atoms with Crippen molar-refractivity contribution in [3.63, 3.8) is 0 Å². The van der Waals surface area contributed by atoms with Crippen LogP contribution in [-0.4, -0.2) is 92.3 Å². The molecule has 5 aliphatic rings. The molecule has 2 amide bonds. The predicted molar refractivity (Wildman–Crippen MR) is 177 cm³/mol. The number of β-lactam (4-membered cyclic amide) rings is 1. The summed E-state index contributed by atoms with van der Waals surface area (Å²) in [4.78, 5) is 48.4. The fraction of sp³-hybridized carbons (Fsp3) is 0.533. The molecule has 2 bridgehead atoms. The molecule has 50 heavy (non-hydrogen) atoms. The Morgan fingerprint density at radius 1 is 1.26 bits per heavy atom. The zero-order valence-electron chi connectivity index (χ0n) is 27.3. The maximum absolute atomic E-state index is 13.5.